The van der Waals surface area contributed by atoms with Gasteiger partial charge in [0.2, 0.25) is 5.91 Å². The van der Waals surface area contributed by atoms with E-state index in [-0.39, 0.29) is 12.5 Å². The second-order valence-corrected chi connectivity index (χ2v) is 8.90. The maximum atomic E-state index is 12.8. The number of amides is 1. The molecule has 1 saturated heterocycles. The van der Waals surface area contributed by atoms with E-state index < -0.39 is 10.2 Å². The SMILES string of the molecule is Cc1ccc(C)c(NC(=O)CN2CCN(Cc3ccccc3C)S2(=O)=O)c1. The van der Waals surface area contributed by atoms with Crippen molar-refractivity contribution in [1.29, 1.82) is 0 Å². The lowest BCUT2D eigenvalue weighted by Crippen LogP contribution is -2.38. The van der Waals surface area contributed by atoms with E-state index in [9.17, 15) is 13.2 Å². The highest BCUT2D eigenvalue weighted by atomic mass is 32.2. The Morgan fingerprint density at radius 3 is 2.44 bits per heavy atom. The van der Waals surface area contributed by atoms with Crippen molar-refractivity contribution < 1.29 is 13.2 Å². The first-order valence-electron chi connectivity index (χ1n) is 8.94. The van der Waals surface area contributed by atoms with Gasteiger partial charge in [-0.2, -0.15) is 17.0 Å². The lowest BCUT2D eigenvalue weighted by atomic mass is 10.1. The zero-order chi connectivity index (χ0) is 19.6. The average molecular weight is 388 g/mol. The summed E-state index contributed by atoms with van der Waals surface area (Å²) in [5.74, 6) is -0.329. The molecule has 1 amide bonds. The lowest BCUT2D eigenvalue weighted by Gasteiger charge is -2.19. The van der Waals surface area contributed by atoms with Gasteiger partial charge in [-0.05, 0) is 49.1 Å². The van der Waals surface area contributed by atoms with Crippen LogP contribution >= 0.6 is 0 Å². The van der Waals surface area contributed by atoms with Crippen molar-refractivity contribution in [3.8, 4) is 0 Å². The predicted molar refractivity (Wildman–Crippen MR) is 107 cm³/mol. The first kappa shape index (κ1) is 19.5. The molecule has 7 heteroatoms. The summed E-state index contributed by atoms with van der Waals surface area (Å²) in [5, 5.41) is 2.83. The zero-order valence-corrected chi connectivity index (χ0v) is 16.7. The normalized spacial score (nSPS) is 17.1. The molecule has 3 rings (SSSR count). The molecule has 0 saturated carbocycles. The smallest absolute Gasteiger partial charge is 0.282 e. The van der Waals surface area contributed by atoms with Crippen molar-refractivity contribution in [2.75, 3.05) is 25.0 Å². The van der Waals surface area contributed by atoms with E-state index in [1.165, 1.54) is 8.61 Å². The highest BCUT2D eigenvalue weighted by Crippen LogP contribution is 2.21. The van der Waals surface area contributed by atoms with Crippen LogP contribution in [0.4, 0.5) is 5.69 Å². The second-order valence-electron chi connectivity index (χ2n) is 6.97. The molecule has 0 radical (unpaired) electrons. The Morgan fingerprint density at radius 2 is 1.70 bits per heavy atom. The minimum absolute atomic E-state index is 0.181. The van der Waals surface area contributed by atoms with Gasteiger partial charge in [0.25, 0.3) is 10.2 Å². The molecule has 27 heavy (non-hydrogen) atoms. The van der Waals surface area contributed by atoms with Gasteiger partial charge in [-0.25, -0.2) is 0 Å². The van der Waals surface area contributed by atoms with E-state index in [1.54, 1.807) is 0 Å². The zero-order valence-electron chi connectivity index (χ0n) is 15.9. The van der Waals surface area contributed by atoms with Crippen LogP contribution in [-0.2, 0) is 21.5 Å². The fourth-order valence-corrected chi connectivity index (χ4v) is 4.67. The van der Waals surface area contributed by atoms with Crippen LogP contribution in [0, 0.1) is 20.8 Å². The molecule has 2 aromatic rings. The summed E-state index contributed by atoms with van der Waals surface area (Å²) < 4.78 is 28.3. The summed E-state index contributed by atoms with van der Waals surface area (Å²) in [6, 6.07) is 13.5. The standard InChI is InChI=1S/C20H25N3O3S/c1-15-8-9-17(3)19(12-15)21-20(24)14-23-11-10-22(27(23,25)26)13-18-7-5-4-6-16(18)2/h4-9,12H,10-11,13-14H2,1-3H3,(H,21,24). The molecule has 0 spiro atoms. The van der Waals surface area contributed by atoms with Crippen LogP contribution in [0.25, 0.3) is 0 Å². The molecule has 1 aliphatic rings. The number of nitrogens with zero attached hydrogens (tertiary/aromatic N) is 2. The Labute approximate surface area is 161 Å². The largest absolute Gasteiger partial charge is 0.325 e. The van der Waals surface area contributed by atoms with Crippen molar-refractivity contribution in [2.24, 2.45) is 0 Å². The Hall–Kier alpha value is -2.22. The van der Waals surface area contributed by atoms with Gasteiger partial charge >= 0.3 is 0 Å². The molecule has 0 aliphatic carbocycles. The summed E-state index contributed by atoms with van der Waals surface area (Å²) in [6.45, 7) is 6.66. The van der Waals surface area contributed by atoms with Crippen LogP contribution in [0.2, 0.25) is 0 Å². The van der Waals surface area contributed by atoms with Crippen molar-refractivity contribution in [2.45, 2.75) is 27.3 Å². The molecule has 1 N–H and O–H groups in total. The predicted octanol–water partition coefficient (Wildman–Crippen LogP) is 2.61. The van der Waals surface area contributed by atoms with E-state index >= 15 is 0 Å². The van der Waals surface area contributed by atoms with Crippen LogP contribution < -0.4 is 5.32 Å². The van der Waals surface area contributed by atoms with E-state index in [0.717, 1.165) is 22.3 Å². The first-order chi connectivity index (χ1) is 12.8. The molecular formula is C20H25N3O3S. The van der Waals surface area contributed by atoms with Gasteiger partial charge in [-0.3, -0.25) is 4.79 Å². The Morgan fingerprint density at radius 1 is 1.00 bits per heavy atom. The van der Waals surface area contributed by atoms with Gasteiger partial charge in [0.05, 0.1) is 6.54 Å². The van der Waals surface area contributed by atoms with Crippen molar-refractivity contribution in [1.82, 2.24) is 8.61 Å². The highest BCUT2D eigenvalue weighted by molar-refractivity contribution is 7.87. The van der Waals surface area contributed by atoms with Gasteiger partial charge in [-0.15, -0.1) is 0 Å². The van der Waals surface area contributed by atoms with Crippen LogP contribution in [-0.4, -0.2) is 42.6 Å². The topological polar surface area (TPSA) is 69.7 Å². The van der Waals surface area contributed by atoms with Gasteiger partial charge in [0.1, 0.15) is 0 Å². The lowest BCUT2D eigenvalue weighted by molar-refractivity contribution is -0.116. The molecule has 0 atom stereocenters. The number of rotatable bonds is 5. The first-order valence-corrected chi connectivity index (χ1v) is 10.3. The van der Waals surface area contributed by atoms with E-state index in [1.807, 2.05) is 63.2 Å². The monoisotopic (exact) mass is 387 g/mol. The van der Waals surface area contributed by atoms with E-state index in [4.69, 9.17) is 0 Å². The third-order valence-electron chi connectivity index (χ3n) is 4.85. The summed E-state index contributed by atoms with van der Waals surface area (Å²) in [5.41, 5.74) is 4.73. The summed E-state index contributed by atoms with van der Waals surface area (Å²) in [6.07, 6.45) is 0. The van der Waals surface area contributed by atoms with E-state index in [2.05, 4.69) is 5.32 Å². The number of anilines is 1. The molecular weight excluding hydrogens is 362 g/mol. The Balaban J connectivity index is 1.67. The number of hydrogen-bond donors (Lipinski definition) is 1. The Bertz CT molecular complexity index is 957. The minimum Gasteiger partial charge on any atom is -0.325 e. The molecule has 0 unspecified atom stereocenters. The van der Waals surface area contributed by atoms with Crippen molar-refractivity contribution in [3.63, 3.8) is 0 Å². The summed E-state index contributed by atoms with van der Waals surface area (Å²) in [7, 11) is -3.64. The van der Waals surface area contributed by atoms with Gasteiger partial charge in [0.15, 0.2) is 0 Å². The molecule has 2 aromatic carbocycles. The fourth-order valence-electron chi connectivity index (χ4n) is 3.14. The molecule has 0 bridgehead atoms. The number of nitrogens with one attached hydrogen (secondary N) is 1. The number of carbonyl (C=O) groups is 1. The Kier molecular flexibility index (Phi) is 5.64. The van der Waals surface area contributed by atoms with Crippen LogP contribution in [0.1, 0.15) is 22.3 Å². The van der Waals surface area contributed by atoms with Gasteiger partial charge in [-0.1, -0.05) is 36.4 Å². The fraction of sp³-hybridized carbons (Fsp3) is 0.350. The molecule has 1 heterocycles. The van der Waals surface area contributed by atoms with Crippen LogP contribution in [0.3, 0.4) is 0 Å². The van der Waals surface area contributed by atoms with Gasteiger partial charge < -0.3 is 5.32 Å². The van der Waals surface area contributed by atoms with Crippen LogP contribution in [0.15, 0.2) is 42.5 Å². The third-order valence-corrected chi connectivity index (χ3v) is 6.77. The quantitative estimate of drug-likeness (QED) is 0.857. The maximum absolute atomic E-state index is 12.8. The van der Waals surface area contributed by atoms with Crippen LogP contribution in [0.5, 0.6) is 0 Å². The molecule has 144 valence electrons. The summed E-state index contributed by atoms with van der Waals surface area (Å²) >= 11 is 0. The third kappa shape index (κ3) is 4.37. The highest BCUT2D eigenvalue weighted by Gasteiger charge is 2.37. The molecule has 1 fully saturated rings. The van der Waals surface area contributed by atoms with Crippen molar-refractivity contribution in [3.05, 3.63) is 64.7 Å². The van der Waals surface area contributed by atoms with Crippen molar-refractivity contribution >= 4 is 21.8 Å². The minimum atomic E-state index is -3.64. The second kappa shape index (κ2) is 7.80. The average Bonchev–Trinajstić information content (AvgIpc) is 2.87. The van der Waals surface area contributed by atoms with Gasteiger partial charge in [0, 0.05) is 25.3 Å². The molecule has 0 aromatic heterocycles. The number of carbonyl (C=O) groups excluding carboxylic acids is 1. The molecule has 6 nitrogen and oxygen atoms in total. The molecule has 1 aliphatic heterocycles. The number of hydrogen-bond acceptors (Lipinski definition) is 3. The van der Waals surface area contributed by atoms with E-state index in [0.29, 0.717) is 25.3 Å². The summed E-state index contributed by atoms with van der Waals surface area (Å²) in [4.78, 5) is 12.4. The maximum Gasteiger partial charge on any atom is 0.282 e. The number of aryl methyl sites for hydroxylation is 3. The number of benzene rings is 2.